The maximum atomic E-state index is 12.0. The first-order chi connectivity index (χ1) is 19.8. The van der Waals surface area contributed by atoms with Gasteiger partial charge in [0.2, 0.25) is 0 Å². The van der Waals surface area contributed by atoms with Crippen LogP contribution in [-0.4, -0.2) is 62.4 Å². The average Bonchev–Trinajstić information content (AvgIpc) is 2.87. The van der Waals surface area contributed by atoms with Crippen molar-refractivity contribution in [2.75, 3.05) is 6.26 Å². The molecule has 0 saturated heterocycles. The molecule has 4 aromatic carbocycles. The lowest BCUT2D eigenvalue weighted by molar-refractivity contribution is 0.111. The molecule has 4 rings (SSSR count). The van der Waals surface area contributed by atoms with Crippen molar-refractivity contribution in [3.05, 3.63) is 45.5 Å². The summed E-state index contributed by atoms with van der Waals surface area (Å²) < 4.78 is 25.9. The number of fused-ring (bicyclic) bond motifs is 2. The third-order valence-corrected chi connectivity index (χ3v) is 7.22. The van der Waals surface area contributed by atoms with Crippen molar-refractivity contribution in [2.24, 2.45) is 0 Å². The summed E-state index contributed by atoms with van der Waals surface area (Å²) in [6.45, 7) is 10.5. The Morgan fingerprint density at radius 2 is 0.884 bits per heavy atom. The second kappa shape index (κ2) is 11.6. The van der Waals surface area contributed by atoms with Gasteiger partial charge >= 0.3 is 0 Å². The van der Waals surface area contributed by atoms with E-state index in [0.717, 1.165) is 0 Å². The van der Waals surface area contributed by atoms with Crippen molar-refractivity contribution in [3.8, 4) is 45.6 Å². The van der Waals surface area contributed by atoms with Crippen molar-refractivity contribution in [1.29, 1.82) is 0 Å². The highest BCUT2D eigenvalue weighted by molar-refractivity contribution is 7.85. The lowest BCUT2D eigenvalue weighted by Crippen LogP contribution is -2.01. The van der Waals surface area contributed by atoms with Crippen LogP contribution in [0, 0.1) is 13.8 Å². The molecule has 230 valence electrons. The van der Waals surface area contributed by atoms with Gasteiger partial charge in [-0.15, -0.1) is 0 Å². The Balaban J connectivity index is 0.000000934. The van der Waals surface area contributed by atoms with E-state index in [2.05, 4.69) is 0 Å². The van der Waals surface area contributed by atoms with Crippen LogP contribution in [0.25, 0.3) is 32.7 Å². The van der Waals surface area contributed by atoms with Gasteiger partial charge in [-0.3, -0.25) is 14.1 Å². The van der Waals surface area contributed by atoms with E-state index in [4.69, 9.17) is 4.55 Å². The molecule has 0 spiro atoms. The number of aryl methyl sites for hydroxylation is 2. The molecule has 0 radical (unpaired) electrons. The number of hydrogen-bond donors (Lipinski definition) is 7. The van der Waals surface area contributed by atoms with Crippen molar-refractivity contribution in [1.82, 2.24) is 0 Å². The van der Waals surface area contributed by atoms with Crippen LogP contribution in [0.2, 0.25) is 0 Å². The maximum Gasteiger partial charge on any atom is 0.261 e. The minimum absolute atomic E-state index is 0.00512. The zero-order valence-corrected chi connectivity index (χ0v) is 25.5. The molecule has 0 saturated carbocycles. The molecule has 12 heteroatoms. The number of benzene rings is 4. The largest absolute Gasteiger partial charge is 0.507 e. The Morgan fingerprint density at radius 1 is 0.605 bits per heavy atom. The van der Waals surface area contributed by atoms with E-state index in [-0.39, 0.29) is 44.9 Å². The van der Waals surface area contributed by atoms with E-state index in [1.54, 1.807) is 53.7 Å². The van der Waals surface area contributed by atoms with E-state index in [1.165, 1.54) is 0 Å². The summed E-state index contributed by atoms with van der Waals surface area (Å²) in [6, 6.07) is 3.31. The molecule has 0 unspecified atom stereocenters. The van der Waals surface area contributed by atoms with Crippen molar-refractivity contribution in [2.45, 2.75) is 53.4 Å². The molecule has 11 nitrogen and oxygen atoms in total. The quantitative estimate of drug-likeness (QED) is 0.0800. The van der Waals surface area contributed by atoms with Gasteiger partial charge in [-0.25, -0.2) is 0 Å². The number of aldehydes is 2. The van der Waals surface area contributed by atoms with Gasteiger partial charge in [-0.2, -0.15) is 8.42 Å². The number of carbonyl (C=O) groups excluding carboxylic acids is 2. The first kappa shape index (κ1) is 33.0. The van der Waals surface area contributed by atoms with Crippen molar-refractivity contribution < 1.29 is 53.2 Å². The summed E-state index contributed by atoms with van der Waals surface area (Å²) >= 11 is 0. The van der Waals surface area contributed by atoms with E-state index < -0.39 is 44.6 Å². The molecule has 0 bridgehead atoms. The molecule has 0 amide bonds. The van der Waals surface area contributed by atoms with E-state index in [0.29, 0.717) is 51.9 Å². The lowest BCUT2D eigenvalue weighted by atomic mass is 9.83. The Hall–Kier alpha value is -4.55. The Kier molecular flexibility index (Phi) is 8.90. The molecule has 0 fully saturated rings. The van der Waals surface area contributed by atoms with Gasteiger partial charge in [-0.05, 0) is 47.6 Å². The Bertz CT molecular complexity index is 1790. The molecule has 0 atom stereocenters. The van der Waals surface area contributed by atoms with Gasteiger partial charge in [0.25, 0.3) is 10.1 Å². The van der Waals surface area contributed by atoms with Gasteiger partial charge in [0.05, 0.1) is 17.4 Å². The van der Waals surface area contributed by atoms with Crippen molar-refractivity contribution >= 4 is 44.2 Å². The van der Waals surface area contributed by atoms with Crippen molar-refractivity contribution in [3.63, 3.8) is 0 Å². The van der Waals surface area contributed by atoms with Crippen LogP contribution < -0.4 is 0 Å². The summed E-state index contributed by atoms with van der Waals surface area (Å²) in [5.74, 6) is -3.57. The number of rotatable bonds is 5. The fourth-order valence-electron chi connectivity index (χ4n) is 5.60. The molecular formula is C31H34O11S. The normalized spacial score (nSPS) is 11.7. The second-order valence-electron chi connectivity index (χ2n) is 11.0. The van der Waals surface area contributed by atoms with Crippen LogP contribution in [-0.2, 0) is 10.1 Å². The van der Waals surface area contributed by atoms with Gasteiger partial charge < -0.3 is 30.6 Å². The number of carbonyl (C=O) groups is 2. The van der Waals surface area contributed by atoms with Gasteiger partial charge in [0.1, 0.15) is 11.5 Å². The number of phenols is 6. The smallest absolute Gasteiger partial charge is 0.261 e. The zero-order valence-electron chi connectivity index (χ0n) is 24.6. The molecule has 7 N–H and O–H groups in total. The second-order valence-corrected chi connectivity index (χ2v) is 12.5. The Morgan fingerprint density at radius 3 is 1.12 bits per heavy atom. The third kappa shape index (κ3) is 5.63. The number of phenolic OH excluding ortho intramolecular Hbond substituents is 6. The SMILES string of the molecule is CS(=O)(=O)O.Cc1cc2c(C(C)C)c(O)c(O)c(C=O)c2c(O)c1-c1c(C)cc2c(C(C)C)c(O)c(O)c(C=O)c2c1O. The first-order valence-corrected chi connectivity index (χ1v) is 15.0. The molecule has 43 heavy (non-hydrogen) atoms. The van der Waals surface area contributed by atoms with Gasteiger partial charge in [0, 0.05) is 33.0 Å². The molecule has 0 aliphatic carbocycles. The van der Waals surface area contributed by atoms with Crippen LogP contribution in [0.5, 0.6) is 34.5 Å². The van der Waals surface area contributed by atoms with Crippen LogP contribution in [0.4, 0.5) is 0 Å². The van der Waals surface area contributed by atoms with Gasteiger partial charge in [0.15, 0.2) is 35.6 Å². The fourth-order valence-corrected chi connectivity index (χ4v) is 5.60. The monoisotopic (exact) mass is 614 g/mol. The minimum atomic E-state index is -3.67. The molecule has 0 aliphatic rings. The first-order valence-electron chi connectivity index (χ1n) is 13.1. The number of hydrogen-bond acceptors (Lipinski definition) is 10. The van der Waals surface area contributed by atoms with Gasteiger partial charge in [-0.1, -0.05) is 39.8 Å². The summed E-state index contributed by atoms with van der Waals surface area (Å²) in [6.07, 6.45) is 1.40. The highest BCUT2D eigenvalue weighted by Crippen LogP contribution is 2.54. The topological polar surface area (TPSA) is 210 Å². The third-order valence-electron chi connectivity index (χ3n) is 7.22. The standard InChI is InChI=1S/C30H30O8.CH4O3S/c1-11(2)19-15-7-13(5)21(27(35)23(15)17(9-31)25(33)29(19)37)22-14(6)8-16-20(12(3)4)30(38)26(34)18(10-32)24(16)28(22)36;1-5(2,3)4/h7-12,33-38H,1-6H3;1H3,(H,2,3,4). The molecule has 4 aromatic rings. The van der Waals surface area contributed by atoms with E-state index >= 15 is 0 Å². The predicted molar refractivity (Wildman–Crippen MR) is 163 cm³/mol. The predicted octanol–water partition coefficient (Wildman–Crippen LogP) is 5.89. The zero-order chi connectivity index (χ0) is 32.9. The molecular weight excluding hydrogens is 580 g/mol. The highest BCUT2D eigenvalue weighted by Gasteiger charge is 2.29. The molecule has 0 aromatic heterocycles. The minimum Gasteiger partial charge on any atom is -0.507 e. The van der Waals surface area contributed by atoms with Crippen LogP contribution in [0.15, 0.2) is 12.1 Å². The van der Waals surface area contributed by atoms with Crippen LogP contribution in [0.1, 0.15) is 82.5 Å². The maximum absolute atomic E-state index is 12.0. The Labute approximate surface area is 248 Å². The fraction of sp³-hybridized carbons (Fsp3) is 0.290. The highest BCUT2D eigenvalue weighted by atomic mass is 32.2. The van der Waals surface area contributed by atoms with Crippen LogP contribution in [0.3, 0.4) is 0 Å². The van der Waals surface area contributed by atoms with E-state index in [9.17, 15) is 48.6 Å². The summed E-state index contributed by atoms with van der Waals surface area (Å²) in [4.78, 5) is 24.0. The summed E-state index contributed by atoms with van der Waals surface area (Å²) in [5.41, 5.74) is 1.33. The average molecular weight is 615 g/mol. The molecule has 0 aliphatic heterocycles. The lowest BCUT2D eigenvalue weighted by Gasteiger charge is -2.23. The van der Waals surface area contributed by atoms with E-state index in [1.807, 2.05) is 0 Å². The molecule has 0 heterocycles. The summed E-state index contributed by atoms with van der Waals surface area (Å²) in [5, 5.41) is 66.4. The number of aromatic hydroxyl groups is 6. The van der Waals surface area contributed by atoms with Crippen LogP contribution >= 0.6 is 0 Å². The summed E-state index contributed by atoms with van der Waals surface area (Å²) in [7, 11) is -3.67.